The molecule has 0 N–H and O–H groups in total. The number of fused-ring (bicyclic) bond motifs is 5. The maximum Gasteiger partial charge on any atom is 0.283 e. The van der Waals surface area contributed by atoms with Crippen molar-refractivity contribution >= 4 is 28.3 Å². The van der Waals surface area contributed by atoms with Gasteiger partial charge in [0, 0.05) is 11.5 Å². The van der Waals surface area contributed by atoms with Gasteiger partial charge in [-0.3, -0.25) is 9.63 Å². The van der Waals surface area contributed by atoms with E-state index in [0.717, 1.165) is 22.1 Å². The van der Waals surface area contributed by atoms with Crippen LogP contribution in [0.15, 0.2) is 59.1 Å². The first kappa shape index (κ1) is 20.2. The normalized spacial score (nSPS) is 19.3. The lowest BCUT2D eigenvalue weighted by molar-refractivity contribution is -0.0966. The van der Waals surface area contributed by atoms with Crippen molar-refractivity contribution in [3.05, 3.63) is 82.3 Å². The van der Waals surface area contributed by atoms with E-state index >= 15 is 0 Å². The summed E-state index contributed by atoms with van der Waals surface area (Å²) in [5.74, 6) is -0.124. The van der Waals surface area contributed by atoms with E-state index in [-0.39, 0.29) is 39.6 Å². The molecule has 166 valence electrons. The van der Waals surface area contributed by atoms with Gasteiger partial charge in [-0.25, -0.2) is 9.45 Å². The molecule has 1 aromatic heterocycles. The summed E-state index contributed by atoms with van der Waals surface area (Å²) in [7, 11) is 0. The number of ether oxygens (including phenoxy) is 1. The second kappa shape index (κ2) is 7.57. The molecule has 0 aliphatic carbocycles. The minimum Gasteiger partial charge on any atom is -0.493 e. The fourth-order valence-electron chi connectivity index (χ4n) is 4.75. The van der Waals surface area contributed by atoms with Crippen LogP contribution in [0.4, 0.5) is 4.39 Å². The third-order valence-electron chi connectivity index (χ3n) is 6.28. The molecule has 0 unspecified atom stereocenters. The fourth-order valence-corrected chi connectivity index (χ4v) is 5.00. The summed E-state index contributed by atoms with van der Waals surface area (Å²) in [5.41, 5.74) is 1.09. The van der Waals surface area contributed by atoms with Crippen LogP contribution in [0.5, 0.6) is 5.75 Å². The molecule has 3 heterocycles. The Balaban J connectivity index is 1.49. The highest BCUT2D eigenvalue weighted by Gasteiger charge is 2.46. The Bertz CT molecular complexity index is 1400. The van der Waals surface area contributed by atoms with Crippen LogP contribution >= 0.6 is 11.6 Å². The zero-order valence-corrected chi connectivity index (χ0v) is 18.3. The second-order valence-corrected chi connectivity index (χ2v) is 8.61. The molecular weight excluding hydrogens is 447 g/mol. The Kier molecular flexibility index (Phi) is 4.64. The van der Waals surface area contributed by atoms with Crippen molar-refractivity contribution in [1.82, 2.24) is 10.2 Å². The third kappa shape index (κ3) is 3.03. The predicted octanol–water partition coefficient (Wildman–Crippen LogP) is 5.73. The SMILES string of the molecule is Cc1onc(-c2c(F)cccc2Cl)c1C(=O)N1OC[C@H]2COc3ccc4ccccc4c3[C@@H]21. The molecule has 0 spiro atoms. The summed E-state index contributed by atoms with van der Waals surface area (Å²) in [6.07, 6.45) is 0. The van der Waals surface area contributed by atoms with E-state index in [1.54, 1.807) is 13.0 Å². The molecule has 2 atom stereocenters. The van der Waals surface area contributed by atoms with Gasteiger partial charge in [-0.15, -0.1) is 0 Å². The molecule has 1 fully saturated rings. The van der Waals surface area contributed by atoms with Crippen molar-refractivity contribution in [2.75, 3.05) is 13.2 Å². The molecule has 33 heavy (non-hydrogen) atoms. The molecule has 1 saturated heterocycles. The molecule has 0 saturated carbocycles. The molecule has 4 aromatic rings. The average Bonchev–Trinajstić information content (AvgIpc) is 3.42. The molecule has 1 amide bonds. The summed E-state index contributed by atoms with van der Waals surface area (Å²) in [6, 6.07) is 15.8. The number of aromatic nitrogens is 1. The first-order valence-corrected chi connectivity index (χ1v) is 10.9. The predicted molar refractivity (Wildman–Crippen MR) is 119 cm³/mol. The van der Waals surface area contributed by atoms with Crippen LogP contribution in [-0.2, 0) is 4.84 Å². The van der Waals surface area contributed by atoms with Crippen molar-refractivity contribution < 1.29 is 23.3 Å². The van der Waals surface area contributed by atoms with Crippen LogP contribution in [0.3, 0.4) is 0 Å². The van der Waals surface area contributed by atoms with Crippen LogP contribution in [0.1, 0.15) is 27.7 Å². The Labute approximate surface area is 193 Å². The number of carbonyl (C=O) groups excluding carboxylic acids is 1. The summed E-state index contributed by atoms with van der Waals surface area (Å²) in [6.45, 7) is 2.35. The number of halogens is 2. The van der Waals surface area contributed by atoms with Gasteiger partial charge >= 0.3 is 0 Å². The Morgan fingerprint density at radius 2 is 1.97 bits per heavy atom. The lowest BCUT2D eigenvalue weighted by Gasteiger charge is -2.32. The largest absolute Gasteiger partial charge is 0.493 e. The summed E-state index contributed by atoms with van der Waals surface area (Å²) < 4.78 is 26.0. The number of aryl methyl sites for hydroxylation is 1. The number of hydrogen-bond acceptors (Lipinski definition) is 5. The number of amides is 1. The van der Waals surface area contributed by atoms with Gasteiger partial charge in [-0.2, -0.15) is 0 Å². The van der Waals surface area contributed by atoms with Gasteiger partial charge in [0.05, 0.1) is 29.8 Å². The van der Waals surface area contributed by atoms with E-state index in [0.29, 0.717) is 13.2 Å². The first-order valence-electron chi connectivity index (χ1n) is 10.6. The maximum atomic E-state index is 14.7. The molecule has 0 bridgehead atoms. The van der Waals surface area contributed by atoms with Gasteiger partial charge in [-0.05, 0) is 35.9 Å². The van der Waals surface area contributed by atoms with Gasteiger partial charge < -0.3 is 9.26 Å². The van der Waals surface area contributed by atoms with E-state index in [2.05, 4.69) is 5.16 Å². The van der Waals surface area contributed by atoms with Gasteiger partial charge in [0.25, 0.3) is 5.91 Å². The van der Waals surface area contributed by atoms with E-state index in [4.69, 9.17) is 25.7 Å². The average molecular weight is 465 g/mol. The van der Waals surface area contributed by atoms with Crippen LogP contribution in [0.25, 0.3) is 22.0 Å². The van der Waals surface area contributed by atoms with Crippen LogP contribution in [0.2, 0.25) is 5.02 Å². The molecule has 6 nitrogen and oxygen atoms in total. The third-order valence-corrected chi connectivity index (χ3v) is 6.60. The van der Waals surface area contributed by atoms with Crippen molar-refractivity contribution in [3.63, 3.8) is 0 Å². The van der Waals surface area contributed by atoms with Crippen molar-refractivity contribution in [2.45, 2.75) is 13.0 Å². The minimum absolute atomic E-state index is 0.0212. The van der Waals surface area contributed by atoms with Crippen molar-refractivity contribution in [2.24, 2.45) is 5.92 Å². The Hall–Kier alpha value is -3.42. The number of nitrogens with zero attached hydrogens (tertiary/aromatic N) is 2. The number of hydroxylamine groups is 2. The molecule has 8 heteroatoms. The Morgan fingerprint density at radius 3 is 2.82 bits per heavy atom. The van der Waals surface area contributed by atoms with E-state index in [9.17, 15) is 9.18 Å². The van der Waals surface area contributed by atoms with Crippen molar-refractivity contribution in [3.8, 4) is 17.0 Å². The van der Waals surface area contributed by atoms with Gasteiger partial charge in [0.1, 0.15) is 28.6 Å². The standard InChI is InChI=1S/C25H18ClFN2O4/c1-13-20(23(28-33-13)22-17(26)7-4-8-18(22)27)25(30)29-24-15(12-32-29)11-31-19-10-9-14-5-2-3-6-16(14)21(19)24/h2-10,15,24H,11-12H2,1H3/t15-,24-/m1/s1. The maximum absolute atomic E-state index is 14.7. The number of benzene rings is 3. The van der Waals surface area contributed by atoms with Gasteiger partial charge in [0.15, 0.2) is 0 Å². The minimum atomic E-state index is -0.590. The lowest BCUT2D eigenvalue weighted by Crippen LogP contribution is -2.35. The highest BCUT2D eigenvalue weighted by Crippen LogP contribution is 2.47. The van der Waals surface area contributed by atoms with E-state index in [1.165, 1.54) is 17.2 Å². The monoisotopic (exact) mass is 464 g/mol. The van der Waals surface area contributed by atoms with Crippen LogP contribution in [0, 0.1) is 18.7 Å². The molecule has 2 aliphatic heterocycles. The molecule has 6 rings (SSSR count). The number of rotatable bonds is 2. The molecule has 3 aromatic carbocycles. The van der Waals surface area contributed by atoms with Crippen molar-refractivity contribution in [1.29, 1.82) is 0 Å². The fraction of sp³-hybridized carbons (Fsp3) is 0.200. The first-order chi connectivity index (χ1) is 16.0. The summed E-state index contributed by atoms with van der Waals surface area (Å²) in [4.78, 5) is 19.7. The smallest absolute Gasteiger partial charge is 0.283 e. The van der Waals surface area contributed by atoms with Crippen LogP contribution in [-0.4, -0.2) is 29.3 Å². The molecule has 0 radical (unpaired) electrons. The van der Waals surface area contributed by atoms with Crippen LogP contribution < -0.4 is 4.74 Å². The zero-order valence-electron chi connectivity index (χ0n) is 17.5. The second-order valence-electron chi connectivity index (χ2n) is 8.20. The van der Waals surface area contributed by atoms with E-state index in [1.807, 2.05) is 36.4 Å². The lowest BCUT2D eigenvalue weighted by atomic mass is 9.88. The Morgan fingerprint density at radius 1 is 1.12 bits per heavy atom. The quantitative estimate of drug-likeness (QED) is 0.379. The zero-order chi connectivity index (χ0) is 22.7. The molecule has 2 aliphatic rings. The molecular formula is C25H18ClFN2O4. The van der Waals surface area contributed by atoms with Gasteiger partial charge in [0.2, 0.25) is 0 Å². The van der Waals surface area contributed by atoms with E-state index < -0.39 is 11.7 Å². The van der Waals surface area contributed by atoms with Gasteiger partial charge in [-0.1, -0.05) is 53.2 Å². The summed E-state index contributed by atoms with van der Waals surface area (Å²) in [5, 5.41) is 7.50. The highest BCUT2D eigenvalue weighted by atomic mass is 35.5. The topological polar surface area (TPSA) is 64.8 Å². The number of hydrogen-bond donors (Lipinski definition) is 0. The highest BCUT2D eigenvalue weighted by molar-refractivity contribution is 6.33. The number of carbonyl (C=O) groups is 1. The summed E-state index contributed by atoms with van der Waals surface area (Å²) >= 11 is 6.26.